The maximum absolute atomic E-state index is 14.3. The van der Waals surface area contributed by atoms with Gasteiger partial charge in [0.1, 0.15) is 12.7 Å². The number of nitrogens with one attached hydrogen (secondary N) is 1. The van der Waals surface area contributed by atoms with Crippen molar-refractivity contribution in [2.24, 2.45) is 0 Å². The second-order valence-electron chi connectivity index (χ2n) is 6.42. The molecular weight excluding hydrogens is 374 g/mol. The summed E-state index contributed by atoms with van der Waals surface area (Å²) in [6.45, 7) is 0.504. The zero-order valence-electron chi connectivity index (χ0n) is 15.3. The van der Waals surface area contributed by atoms with Gasteiger partial charge in [0, 0.05) is 25.3 Å². The van der Waals surface area contributed by atoms with E-state index in [0.29, 0.717) is 19.4 Å². The number of carboxylic acids is 1. The predicted octanol–water partition coefficient (Wildman–Crippen LogP) is 1.97. The summed E-state index contributed by atoms with van der Waals surface area (Å²) < 4.78 is 33.6. The number of aliphatic carboxylic acids is 1. The summed E-state index contributed by atoms with van der Waals surface area (Å²) in [5.41, 5.74) is -0.286. The summed E-state index contributed by atoms with van der Waals surface area (Å²) >= 11 is 0. The summed E-state index contributed by atoms with van der Waals surface area (Å²) in [6.07, 6.45) is 1.53. The van der Waals surface area contributed by atoms with Gasteiger partial charge in [0.2, 0.25) is 0 Å². The van der Waals surface area contributed by atoms with Gasteiger partial charge < -0.3 is 25.2 Å². The third-order valence-electron chi connectivity index (χ3n) is 4.33. The molecule has 1 aromatic carbocycles. The molecule has 1 unspecified atom stereocenters. The number of rotatable bonds is 11. The molecule has 1 saturated heterocycles. The molecule has 2 rings (SSSR count). The summed E-state index contributed by atoms with van der Waals surface area (Å²) in [5, 5.41) is 21.1. The molecular formula is C19H24F2N2O5. The first-order chi connectivity index (χ1) is 13.3. The lowest BCUT2D eigenvalue weighted by Crippen LogP contribution is -2.35. The lowest BCUT2D eigenvalue weighted by atomic mass is 10.0. The Labute approximate surface area is 161 Å². The van der Waals surface area contributed by atoms with E-state index in [0.717, 1.165) is 6.08 Å². The second-order valence-corrected chi connectivity index (χ2v) is 6.42. The molecule has 1 fully saturated rings. The first kappa shape index (κ1) is 21.8. The second kappa shape index (κ2) is 10.1. The molecule has 1 aromatic rings. The number of carbonyl (C=O) groups is 2. The monoisotopic (exact) mass is 398 g/mol. The van der Waals surface area contributed by atoms with E-state index in [9.17, 15) is 23.5 Å². The van der Waals surface area contributed by atoms with Gasteiger partial charge in [-0.2, -0.15) is 8.78 Å². The van der Waals surface area contributed by atoms with Crippen LogP contribution >= 0.6 is 0 Å². The van der Waals surface area contributed by atoms with E-state index < -0.39 is 24.0 Å². The Morgan fingerprint density at radius 3 is 2.75 bits per heavy atom. The zero-order chi connectivity index (χ0) is 20.6. The quantitative estimate of drug-likeness (QED) is 0.391. The van der Waals surface area contributed by atoms with Crippen LogP contribution in [0.4, 0.5) is 13.6 Å². The molecule has 1 heterocycles. The van der Waals surface area contributed by atoms with Gasteiger partial charge in [-0.25, -0.2) is 9.59 Å². The van der Waals surface area contributed by atoms with Crippen LogP contribution in [0.2, 0.25) is 0 Å². The highest BCUT2D eigenvalue weighted by atomic mass is 19.3. The average molecular weight is 398 g/mol. The summed E-state index contributed by atoms with van der Waals surface area (Å²) in [7, 11) is 0. The van der Waals surface area contributed by atoms with Gasteiger partial charge in [0.25, 0.3) is 0 Å². The van der Waals surface area contributed by atoms with E-state index in [4.69, 9.17) is 9.84 Å². The van der Waals surface area contributed by atoms with Crippen LogP contribution < -0.4 is 5.32 Å². The summed E-state index contributed by atoms with van der Waals surface area (Å²) in [5.74, 6) is -4.49. The van der Waals surface area contributed by atoms with Crippen molar-refractivity contribution >= 4 is 12.0 Å². The van der Waals surface area contributed by atoms with Gasteiger partial charge >= 0.3 is 17.9 Å². The predicted molar refractivity (Wildman–Crippen MR) is 97.1 cm³/mol. The van der Waals surface area contributed by atoms with E-state index in [2.05, 4.69) is 5.32 Å². The molecule has 9 heteroatoms. The Kier molecular flexibility index (Phi) is 7.89. The van der Waals surface area contributed by atoms with Gasteiger partial charge in [-0.1, -0.05) is 42.5 Å². The van der Waals surface area contributed by atoms with Crippen molar-refractivity contribution in [3.63, 3.8) is 0 Å². The van der Waals surface area contributed by atoms with Crippen LogP contribution in [0.15, 0.2) is 42.5 Å². The highest BCUT2D eigenvalue weighted by Crippen LogP contribution is 2.32. The van der Waals surface area contributed by atoms with Crippen LogP contribution in [0.1, 0.15) is 18.4 Å². The number of benzene rings is 1. The van der Waals surface area contributed by atoms with Crippen LogP contribution in [0, 0.1) is 0 Å². The van der Waals surface area contributed by atoms with Crippen LogP contribution in [0.25, 0.3) is 0 Å². The number of alkyl halides is 2. The number of aliphatic hydroxyl groups is 1. The Bertz CT molecular complexity index is 684. The summed E-state index contributed by atoms with van der Waals surface area (Å²) in [6, 6.07) is 6.29. The van der Waals surface area contributed by atoms with Gasteiger partial charge in [0.15, 0.2) is 0 Å². The number of unbranched alkanes of at least 4 members (excludes halogenated alkanes) is 1. The molecule has 1 aliphatic rings. The summed E-state index contributed by atoms with van der Waals surface area (Å²) in [4.78, 5) is 23.8. The van der Waals surface area contributed by atoms with Crippen molar-refractivity contribution in [1.82, 2.24) is 10.2 Å². The van der Waals surface area contributed by atoms with Crippen LogP contribution in [-0.4, -0.2) is 65.6 Å². The Morgan fingerprint density at radius 2 is 2.07 bits per heavy atom. The first-order valence-electron chi connectivity index (χ1n) is 8.96. The molecule has 1 aliphatic heterocycles. The molecule has 0 spiro atoms. The normalized spacial score (nSPS) is 18.5. The standard InChI is InChI=1S/C19H24F2N2O5/c20-19(21,14-6-2-1-3-7-14)16(24)9-8-15-12-22-18(27)23(15)10-4-5-11-28-13-17(25)26/h1-3,6-9,15-16,24H,4-5,10-13H2,(H,22,27)(H,25,26)/t15-,16?/m0/s1. The molecule has 3 N–H and O–H groups in total. The van der Waals surface area contributed by atoms with Crippen molar-refractivity contribution in [3.05, 3.63) is 48.0 Å². The van der Waals surface area contributed by atoms with E-state index in [1.807, 2.05) is 0 Å². The van der Waals surface area contributed by atoms with Gasteiger partial charge in [-0.05, 0) is 12.8 Å². The molecule has 154 valence electrons. The largest absolute Gasteiger partial charge is 0.480 e. The lowest BCUT2D eigenvalue weighted by Gasteiger charge is -2.23. The molecule has 0 radical (unpaired) electrons. The topological polar surface area (TPSA) is 99.1 Å². The minimum Gasteiger partial charge on any atom is -0.480 e. The molecule has 2 atom stereocenters. The first-order valence-corrected chi connectivity index (χ1v) is 8.96. The number of carboxylic acid groups (broad SMARTS) is 1. The number of hydrogen-bond acceptors (Lipinski definition) is 4. The number of nitrogens with zero attached hydrogens (tertiary/aromatic N) is 1. The molecule has 0 bridgehead atoms. The molecule has 2 amide bonds. The van der Waals surface area contributed by atoms with Crippen LogP contribution in [-0.2, 0) is 15.5 Å². The van der Waals surface area contributed by atoms with Crippen molar-refractivity contribution in [2.75, 3.05) is 26.3 Å². The fourth-order valence-corrected chi connectivity index (χ4v) is 2.82. The highest BCUT2D eigenvalue weighted by molar-refractivity contribution is 5.77. The minimum absolute atomic E-state index is 0.254. The number of amides is 2. The Morgan fingerprint density at radius 1 is 1.36 bits per heavy atom. The number of urea groups is 1. The number of halogens is 2. The fraction of sp³-hybridized carbons (Fsp3) is 0.474. The molecule has 28 heavy (non-hydrogen) atoms. The highest BCUT2D eigenvalue weighted by Gasteiger charge is 2.39. The molecule has 0 saturated carbocycles. The van der Waals surface area contributed by atoms with E-state index in [1.54, 1.807) is 6.07 Å². The third-order valence-corrected chi connectivity index (χ3v) is 4.33. The van der Waals surface area contributed by atoms with Crippen molar-refractivity contribution < 1.29 is 33.3 Å². The third kappa shape index (κ3) is 6.00. The SMILES string of the molecule is O=C(O)COCCCCN1C(=O)NC[C@@H]1C=CC(O)C(F)(F)c1ccccc1. The Balaban J connectivity index is 1.87. The zero-order valence-corrected chi connectivity index (χ0v) is 15.3. The number of hydrogen-bond donors (Lipinski definition) is 3. The molecule has 0 aromatic heterocycles. The van der Waals surface area contributed by atoms with E-state index in [-0.39, 0.29) is 31.4 Å². The lowest BCUT2D eigenvalue weighted by molar-refractivity contribution is -0.142. The van der Waals surface area contributed by atoms with Crippen molar-refractivity contribution in [3.8, 4) is 0 Å². The smallest absolute Gasteiger partial charge is 0.329 e. The van der Waals surface area contributed by atoms with Crippen LogP contribution in [0.5, 0.6) is 0 Å². The van der Waals surface area contributed by atoms with Crippen molar-refractivity contribution in [1.29, 1.82) is 0 Å². The maximum atomic E-state index is 14.3. The maximum Gasteiger partial charge on any atom is 0.329 e. The van der Waals surface area contributed by atoms with E-state index >= 15 is 0 Å². The number of aliphatic hydroxyl groups excluding tert-OH is 1. The number of carbonyl (C=O) groups excluding carboxylic acids is 1. The molecule has 7 nitrogen and oxygen atoms in total. The average Bonchev–Trinajstić information content (AvgIpc) is 3.02. The molecule has 0 aliphatic carbocycles. The van der Waals surface area contributed by atoms with Gasteiger partial charge in [-0.3, -0.25) is 0 Å². The fourth-order valence-electron chi connectivity index (χ4n) is 2.82. The van der Waals surface area contributed by atoms with Crippen LogP contribution in [0.3, 0.4) is 0 Å². The Hall–Kier alpha value is -2.52. The van der Waals surface area contributed by atoms with Crippen molar-refractivity contribution in [2.45, 2.75) is 30.9 Å². The number of ether oxygens (including phenoxy) is 1. The minimum atomic E-state index is -3.44. The van der Waals surface area contributed by atoms with Gasteiger partial charge in [0.05, 0.1) is 6.04 Å². The van der Waals surface area contributed by atoms with E-state index in [1.165, 1.54) is 35.2 Å². The van der Waals surface area contributed by atoms with Gasteiger partial charge in [-0.15, -0.1) is 0 Å².